The van der Waals surface area contributed by atoms with Gasteiger partial charge >= 0.3 is 0 Å². The number of fused-ring (bicyclic) bond motifs is 1. The van der Waals surface area contributed by atoms with Crippen LogP contribution in [0.5, 0.6) is 0 Å². The van der Waals surface area contributed by atoms with E-state index in [1.165, 1.54) is 0 Å². The van der Waals surface area contributed by atoms with Gasteiger partial charge in [-0.2, -0.15) is 0 Å². The average Bonchev–Trinajstić information content (AvgIpc) is 2.68. The van der Waals surface area contributed by atoms with Crippen LogP contribution >= 0.6 is 0 Å². The summed E-state index contributed by atoms with van der Waals surface area (Å²) in [6.07, 6.45) is 0. The molecule has 29 heavy (non-hydrogen) atoms. The summed E-state index contributed by atoms with van der Waals surface area (Å²) in [6, 6.07) is 19.7. The molecule has 0 radical (unpaired) electrons. The van der Waals surface area contributed by atoms with Gasteiger partial charge in [-0.25, -0.2) is 8.42 Å². The number of anilines is 2. The molecular weight excluding hydrogens is 382 g/mol. The van der Waals surface area contributed by atoms with Crippen LogP contribution in [0.15, 0.2) is 65.6 Å². The zero-order valence-electron chi connectivity index (χ0n) is 17.0. The van der Waals surface area contributed by atoms with E-state index in [2.05, 4.69) is 34.9 Å². The van der Waals surface area contributed by atoms with Gasteiger partial charge in [-0.15, -0.1) is 0 Å². The fraction of sp³-hybridized carbons (Fsp3) is 0.304. The summed E-state index contributed by atoms with van der Waals surface area (Å²) < 4.78 is 29.3. The Morgan fingerprint density at radius 2 is 1.66 bits per heavy atom. The molecule has 0 spiro atoms. The molecule has 5 nitrogen and oxygen atoms in total. The van der Waals surface area contributed by atoms with E-state index in [0.717, 1.165) is 35.1 Å². The first kappa shape index (κ1) is 19.7. The standard InChI is InChI=1S/C23H27N3O2S/c1-16-11-12-20(26-14-17(2)24-18(3)15-26)13-22(16)25-29(27,28)23-10-6-8-19-7-4-5-9-21(19)23/h4-13,17-18,24-25H,14-15H2,1-3H3. The van der Waals surface area contributed by atoms with Gasteiger partial charge in [0.1, 0.15) is 0 Å². The number of nitrogens with one attached hydrogen (secondary N) is 2. The minimum absolute atomic E-state index is 0.296. The number of piperazine rings is 1. The lowest BCUT2D eigenvalue weighted by atomic mass is 10.1. The molecule has 0 saturated carbocycles. The van der Waals surface area contributed by atoms with E-state index in [-0.39, 0.29) is 0 Å². The fourth-order valence-corrected chi connectivity index (χ4v) is 5.44. The van der Waals surface area contributed by atoms with Crippen molar-refractivity contribution in [3.63, 3.8) is 0 Å². The highest BCUT2D eigenvalue weighted by Crippen LogP contribution is 2.29. The van der Waals surface area contributed by atoms with E-state index >= 15 is 0 Å². The van der Waals surface area contributed by atoms with Crippen LogP contribution in [-0.4, -0.2) is 33.6 Å². The Labute approximate surface area is 172 Å². The van der Waals surface area contributed by atoms with Gasteiger partial charge in [-0.05, 0) is 49.9 Å². The van der Waals surface area contributed by atoms with Crippen molar-refractivity contribution in [2.75, 3.05) is 22.7 Å². The molecule has 0 aliphatic carbocycles. The molecule has 0 bridgehead atoms. The number of nitrogens with zero attached hydrogens (tertiary/aromatic N) is 1. The third-order valence-electron chi connectivity index (χ3n) is 5.43. The van der Waals surface area contributed by atoms with Gasteiger partial charge in [-0.3, -0.25) is 4.72 Å². The molecule has 0 amide bonds. The lowest BCUT2D eigenvalue weighted by Gasteiger charge is -2.38. The molecule has 3 aromatic carbocycles. The van der Waals surface area contributed by atoms with E-state index < -0.39 is 10.0 Å². The molecule has 1 aliphatic rings. The third-order valence-corrected chi connectivity index (χ3v) is 6.85. The second-order valence-corrected chi connectivity index (χ2v) is 9.61. The number of hydrogen-bond donors (Lipinski definition) is 2. The zero-order chi connectivity index (χ0) is 20.6. The Bertz CT molecular complexity index is 1130. The molecule has 6 heteroatoms. The number of rotatable bonds is 4. The van der Waals surface area contributed by atoms with Gasteiger partial charge in [-0.1, -0.05) is 42.5 Å². The molecule has 1 fully saturated rings. The first-order valence-corrected chi connectivity index (χ1v) is 11.4. The van der Waals surface area contributed by atoms with E-state index in [9.17, 15) is 8.42 Å². The van der Waals surface area contributed by atoms with Crippen LogP contribution < -0.4 is 14.9 Å². The second kappa shape index (κ2) is 7.69. The molecule has 3 aromatic rings. The molecule has 1 heterocycles. The van der Waals surface area contributed by atoms with Crippen molar-refractivity contribution in [2.24, 2.45) is 0 Å². The van der Waals surface area contributed by atoms with E-state index in [4.69, 9.17) is 0 Å². The monoisotopic (exact) mass is 409 g/mol. The maximum absolute atomic E-state index is 13.2. The summed E-state index contributed by atoms with van der Waals surface area (Å²) in [5, 5.41) is 5.16. The quantitative estimate of drug-likeness (QED) is 0.680. The van der Waals surface area contributed by atoms with Crippen molar-refractivity contribution >= 4 is 32.2 Å². The Morgan fingerprint density at radius 3 is 2.41 bits per heavy atom. The van der Waals surface area contributed by atoms with Crippen LogP contribution in [0, 0.1) is 6.92 Å². The van der Waals surface area contributed by atoms with Crippen LogP contribution in [0.25, 0.3) is 10.8 Å². The highest BCUT2D eigenvalue weighted by Gasteiger charge is 2.23. The van der Waals surface area contributed by atoms with Gasteiger partial charge in [0, 0.05) is 36.2 Å². The smallest absolute Gasteiger partial charge is 0.262 e. The molecular formula is C23H27N3O2S. The minimum Gasteiger partial charge on any atom is -0.368 e. The summed E-state index contributed by atoms with van der Waals surface area (Å²) in [4.78, 5) is 2.60. The van der Waals surface area contributed by atoms with Gasteiger partial charge < -0.3 is 10.2 Å². The SMILES string of the molecule is Cc1ccc(N2CC(C)NC(C)C2)cc1NS(=O)(=O)c1cccc2ccccc12. The normalized spacial score (nSPS) is 20.0. The fourth-order valence-electron chi connectivity index (χ4n) is 4.08. The molecule has 152 valence electrons. The molecule has 2 N–H and O–H groups in total. The summed E-state index contributed by atoms with van der Waals surface area (Å²) >= 11 is 0. The highest BCUT2D eigenvalue weighted by molar-refractivity contribution is 7.93. The topological polar surface area (TPSA) is 61.4 Å². The average molecular weight is 410 g/mol. The van der Waals surface area contributed by atoms with Crippen molar-refractivity contribution in [3.8, 4) is 0 Å². The summed E-state index contributed by atoms with van der Waals surface area (Å²) in [6.45, 7) is 8.04. The van der Waals surface area contributed by atoms with Crippen LogP contribution in [0.2, 0.25) is 0 Å². The van der Waals surface area contributed by atoms with E-state index in [1.54, 1.807) is 12.1 Å². The Balaban J connectivity index is 1.68. The van der Waals surface area contributed by atoms with Gasteiger partial charge in [0.25, 0.3) is 10.0 Å². The van der Waals surface area contributed by atoms with Gasteiger partial charge in [0.15, 0.2) is 0 Å². The zero-order valence-corrected chi connectivity index (χ0v) is 17.8. The minimum atomic E-state index is -3.71. The summed E-state index contributed by atoms with van der Waals surface area (Å²) in [5.74, 6) is 0. The Kier molecular flexibility index (Phi) is 5.23. The lowest BCUT2D eigenvalue weighted by Crippen LogP contribution is -2.54. The van der Waals surface area contributed by atoms with Gasteiger partial charge in [0.2, 0.25) is 0 Å². The maximum atomic E-state index is 13.2. The van der Waals surface area contributed by atoms with Crippen molar-refractivity contribution in [1.82, 2.24) is 5.32 Å². The predicted octanol–water partition coefficient (Wildman–Crippen LogP) is 4.14. The lowest BCUT2D eigenvalue weighted by molar-refractivity contribution is 0.407. The molecule has 1 aliphatic heterocycles. The number of benzene rings is 3. The molecule has 2 unspecified atom stereocenters. The molecule has 4 rings (SSSR count). The molecule has 0 aromatic heterocycles. The van der Waals surface area contributed by atoms with Crippen LogP contribution in [0.4, 0.5) is 11.4 Å². The Morgan fingerprint density at radius 1 is 0.966 bits per heavy atom. The van der Waals surface area contributed by atoms with Crippen molar-refractivity contribution in [3.05, 3.63) is 66.2 Å². The highest BCUT2D eigenvalue weighted by atomic mass is 32.2. The van der Waals surface area contributed by atoms with E-state index in [1.807, 2.05) is 49.4 Å². The summed E-state index contributed by atoms with van der Waals surface area (Å²) in [5.41, 5.74) is 2.55. The third kappa shape index (κ3) is 4.09. The predicted molar refractivity (Wildman–Crippen MR) is 120 cm³/mol. The summed E-state index contributed by atoms with van der Waals surface area (Å²) in [7, 11) is -3.71. The van der Waals surface area contributed by atoms with Crippen LogP contribution in [-0.2, 0) is 10.0 Å². The van der Waals surface area contributed by atoms with E-state index in [0.29, 0.717) is 22.7 Å². The van der Waals surface area contributed by atoms with Crippen LogP contribution in [0.1, 0.15) is 19.4 Å². The first-order chi connectivity index (χ1) is 13.8. The number of aryl methyl sites for hydroxylation is 1. The molecule has 1 saturated heterocycles. The maximum Gasteiger partial charge on any atom is 0.262 e. The number of hydrogen-bond acceptors (Lipinski definition) is 4. The van der Waals surface area contributed by atoms with Crippen molar-refractivity contribution in [2.45, 2.75) is 37.8 Å². The van der Waals surface area contributed by atoms with Crippen LogP contribution in [0.3, 0.4) is 0 Å². The van der Waals surface area contributed by atoms with Crippen molar-refractivity contribution in [1.29, 1.82) is 0 Å². The van der Waals surface area contributed by atoms with Gasteiger partial charge in [0.05, 0.1) is 10.6 Å². The molecule has 2 atom stereocenters. The first-order valence-electron chi connectivity index (χ1n) is 9.96. The Hall–Kier alpha value is -2.57. The number of sulfonamides is 1. The largest absolute Gasteiger partial charge is 0.368 e. The van der Waals surface area contributed by atoms with Crippen molar-refractivity contribution < 1.29 is 8.42 Å². The second-order valence-electron chi connectivity index (χ2n) is 7.96.